The molecule has 3 aromatic rings. The van der Waals surface area contributed by atoms with Gasteiger partial charge in [0.05, 0.1) is 0 Å². The van der Waals surface area contributed by atoms with Crippen LogP contribution in [-0.4, -0.2) is 52.9 Å². The van der Waals surface area contributed by atoms with Crippen LogP contribution in [0.4, 0.5) is 5.69 Å². The molecule has 0 spiro atoms. The van der Waals surface area contributed by atoms with Gasteiger partial charge in [0, 0.05) is 34.4 Å². The molecular formula is C25H27N5O2. The van der Waals surface area contributed by atoms with Gasteiger partial charge in [0.2, 0.25) is 0 Å². The number of carbonyl (C=O) groups excluding carboxylic acids is 2. The number of nitrogens with zero attached hydrogens (tertiary/aromatic N) is 3. The number of nitrogens with one attached hydrogen (secondary N) is 2. The van der Waals surface area contributed by atoms with Crippen molar-refractivity contribution in [3.63, 3.8) is 0 Å². The Morgan fingerprint density at radius 3 is 2.66 bits per heavy atom. The lowest BCUT2D eigenvalue weighted by molar-refractivity contribution is -0.112. The van der Waals surface area contributed by atoms with Gasteiger partial charge in [-0.2, -0.15) is 0 Å². The molecule has 0 unspecified atom stereocenters. The molecule has 0 atom stereocenters. The lowest BCUT2D eigenvalue weighted by Crippen LogP contribution is -2.43. The summed E-state index contributed by atoms with van der Waals surface area (Å²) in [6, 6.07) is 13.3. The van der Waals surface area contributed by atoms with E-state index >= 15 is 0 Å². The normalized spacial score (nSPS) is 14.8. The number of amides is 2. The average molecular weight is 430 g/mol. The largest absolute Gasteiger partial charge is 0.348 e. The number of anilines is 1. The van der Waals surface area contributed by atoms with Crippen LogP contribution in [0.2, 0.25) is 0 Å². The second kappa shape index (κ2) is 9.28. The summed E-state index contributed by atoms with van der Waals surface area (Å²) in [7, 11) is 2.09. The highest BCUT2D eigenvalue weighted by Gasteiger charge is 2.20. The van der Waals surface area contributed by atoms with E-state index in [0.717, 1.165) is 42.3 Å². The first-order valence-corrected chi connectivity index (χ1v) is 10.7. The molecule has 32 heavy (non-hydrogen) atoms. The van der Waals surface area contributed by atoms with E-state index in [1.165, 1.54) is 0 Å². The molecule has 0 bridgehead atoms. The summed E-state index contributed by atoms with van der Waals surface area (Å²) < 4.78 is 0. The first kappa shape index (κ1) is 21.6. The van der Waals surface area contributed by atoms with Crippen molar-refractivity contribution >= 4 is 28.3 Å². The van der Waals surface area contributed by atoms with Crippen LogP contribution in [0.3, 0.4) is 0 Å². The Hall–Kier alpha value is -3.58. The van der Waals surface area contributed by atoms with Gasteiger partial charge < -0.3 is 15.5 Å². The van der Waals surface area contributed by atoms with Gasteiger partial charge in [-0.3, -0.25) is 9.59 Å². The lowest BCUT2D eigenvalue weighted by Gasteiger charge is -2.29. The predicted octanol–water partition coefficient (Wildman–Crippen LogP) is 3.64. The highest BCUT2D eigenvalue weighted by molar-refractivity contribution is 6.08. The summed E-state index contributed by atoms with van der Waals surface area (Å²) in [5, 5.41) is 7.83. The third-order valence-corrected chi connectivity index (χ3v) is 5.72. The number of hydrogen-bond acceptors (Lipinski definition) is 5. The highest BCUT2D eigenvalue weighted by atomic mass is 16.2. The van der Waals surface area contributed by atoms with Crippen LogP contribution in [0.1, 0.15) is 30.3 Å². The quantitative estimate of drug-likeness (QED) is 0.605. The van der Waals surface area contributed by atoms with Crippen LogP contribution in [-0.2, 0) is 4.79 Å². The molecule has 1 fully saturated rings. The van der Waals surface area contributed by atoms with Crippen LogP contribution in [0, 0.1) is 0 Å². The zero-order chi connectivity index (χ0) is 22.7. The van der Waals surface area contributed by atoms with Crippen molar-refractivity contribution in [1.29, 1.82) is 0 Å². The van der Waals surface area contributed by atoms with E-state index in [4.69, 9.17) is 0 Å². The standard InChI is InChI=1S/C25H27N5O2/c1-16(2)24(31)29-21-6-4-5-17-7-8-18(15-20(17)21)23-26-12-9-22(28-23)25(32)27-19-10-13-30(3)14-11-19/h4-9,12,15,19H,1,10-11,13-14H2,2-3H3,(H,27,32)(H,29,31). The van der Waals surface area contributed by atoms with Gasteiger partial charge in [-0.05, 0) is 63.5 Å². The monoisotopic (exact) mass is 429 g/mol. The summed E-state index contributed by atoms with van der Waals surface area (Å²) in [5.74, 6) is 0.0501. The Bertz CT molecular complexity index is 1180. The van der Waals surface area contributed by atoms with Crippen LogP contribution in [0.15, 0.2) is 60.8 Å². The van der Waals surface area contributed by atoms with Crippen molar-refractivity contribution in [3.8, 4) is 11.4 Å². The second-order valence-electron chi connectivity index (χ2n) is 8.29. The molecule has 7 nitrogen and oxygen atoms in total. The molecule has 2 N–H and O–H groups in total. The summed E-state index contributed by atoms with van der Waals surface area (Å²) >= 11 is 0. The zero-order valence-electron chi connectivity index (χ0n) is 18.4. The Morgan fingerprint density at radius 2 is 1.91 bits per heavy atom. The van der Waals surface area contributed by atoms with E-state index < -0.39 is 0 Å². The maximum atomic E-state index is 12.8. The molecular weight excluding hydrogens is 402 g/mol. The molecule has 1 aliphatic rings. The molecule has 164 valence electrons. The van der Waals surface area contributed by atoms with Crippen molar-refractivity contribution in [1.82, 2.24) is 20.2 Å². The molecule has 2 aromatic carbocycles. The van der Waals surface area contributed by atoms with E-state index in [1.54, 1.807) is 19.2 Å². The summed E-state index contributed by atoms with van der Waals surface area (Å²) in [6.45, 7) is 7.31. The van der Waals surface area contributed by atoms with E-state index in [1.807, 2.05) is 36.4 Å². The molecule has 0 saturated carbocycles. The zero-order valence-corrected chi connectivity index (χ0v) is 18.4. The third-order valence-electron chi connectivity index (χ3n) is 5.72. The molecule has 1 saturated heterocycles. The van der Waals surface area contributed by atoms with E-state index in [2.05, 4.69) is 39.1 Å². The summed E-state index contributed by atoms with van der Waals surface area (Å²) in [5.41, 5.74) is 2.24. The lowest BCUT2D eigenvalue weighted by atomic mass is 10.0. The Morgan fingerprint density at radius 1 is 1.12 bits per heavy atom. The molecule has 0 aliphatic carbocycles. The van der Waals surface area contributed by atoms with Crippen LogP contribution < -0.4 is 10.6 Å². The summed E-state index contributed by atoms with van der Waals surface area (Å²) in [4.78, 5) is 36.0. The smallest absolute Gasteiger partial charge is 0.270 e. The Balaban J connectivity index is 1.59. The van der Waals surface area contributed by atoms with Crippen molar-refractivity contribution in [2.24, 2.45) is 0 Å². The molecule has 7 heteroatoms. The third kappa shape index (κ3) is 4.84. The molecule has 4 rings (SSSR count). The minimum absolute atomic E-state index is 0.164. The van der Waals surface area contributed by atoms with E-state index in [-0.39, 0.29) is 17.9 Å². The highest BCUT2D eigenvalue weighted by Crippen LogP contribution is 2.28. The maximum Gasteiger partial charge on any atom is 0.270 e. The summed E-state index contributed by atoms with van der Waals surface area (Å²) in [6.07, 6.45) is 3.47. The predicted molar refractivity (Wildman–Crippen MR) is 126 cm³/mol. The fraction of sp³-hybridized carbons (Fsp3) is 0.280. The SMILES string of the molecule is C=C(C)C(=O)Nc1cccc2ccc(-c3nccc(C(=O)NC4CCN(C)CC4)n3)cc12. The topological polar surface area (TPSA) is 87.2 Å². The van der Waals surface area contributed by atoms with Gasteiger partial charge in [-0.25, -0.2) is 9.97 Å². The number of carbonyl (C=O) groups is 2. The number of likely N-dealkylation sites (tertiary alicyclic amines) is 1. The molecule has 1 aliphatic heterocycles. The number of aromatic nitrogens is 2. The average Bonchev–Trinajstić information content (AvgIpc) is 2.80. The molecule has 0 radical (unpaired) electrons. The van der Waals surface area contributed by atoms with Gasteiger partial charge in [0.25, 0.3) is 11.8 Å². The van der Waals surface area contributed by atoms with Crippen LogP contribution in [0.5, 0.6) is 0 Å². The Kier molecular flexibility index (Phi) is 6.28. The van der Waals surface area contributed by atoms with E-state index in [0.29, 0.717) is 22.8 Å². The van der Waals surface area contributed by atoms with Crippen LogP contribution in [0.25, 0.3) is 22.2 Å². The van der Waals surface area contributed by atoms with Gasteiger partial charge in [-0.1, -0.05) is 30.8 Å². The fourth-order valence-electron chi connectivity index (χ4n) is 3.79. The number of hydrogen-bond donors (Lipinski definition) is 2. The molecule has 1 aromatic heterocycles. The van der Waals surface area contributed by atoms with Gasteiger partial charge in [-0.15, -0.1) is 0 Å². The maximum absolute atomic E-state index is 12.8. The van der Waals surface area contributed by atoms with Crippen molar-refractivity contribution in [2.75, 3.05) is 25.5 Å². The molecule has 2 amide bonds. The van der Waals surface area contributed by atoms with E-state index in [9.17, 15) is 9.59 Å². The second-order valence-corrected chi connectivity index (χ2v) is 8.29. The van der Waals surface area contributed by atoms with Gasteiger partial charge in [0.1, 0.15) is 5.69 Å². The number of benzene rings is 2. The minimum atomic E-state index is -0.230. The Labute approximate surface area is 187 Å². The van der Waals surface area contributed by atoms with Gasteiger partial charge >= 0.3 is 0 Å². The van der Waals surface area contributed by atoms with Gasteiger partial charge in [0.15, 0.2) is 5.82 Å². The first-order valence-electron chi connectivity index (χ1n) is 10.7. The molecule has 2 heterocycles. The van der Waals surface area contributed by atoms with Crippen LogP contribution >= 0.6 is 0 Å². The fourth-order valence-corrected chi connectivity index (χ4v) is 3.79. The number of piperidine rings is 1. The first-order chi connectivity index (χ1) is 15.4. The van der Waals surface area contributed by atoms with Crippen molar-refractivity contribution in [2.45, 2.75) is 25.8 Å². The van der Waals surface area contributed by atoms with Crippen molar-refractivity contribution < 1.29 is 9.59 Å². The minimum Gasteiger partial charge on any atom is -0.348 e. The number of rotatable bonds is 5. The van der Waals surface area contributed by atoms with Crippen molar-refractivity contribution in [3.05, 3.63) is 66.5 Å². The number of fused-ring (bicyclic) bond motifs is 1.